The Morgan fingerprint density at radius 2 is 0.926 bits per heavy atom. The van der Waals surface area contributed by atoms with Crippen LogP contribution in [0.2, 0.25) is 0 Å². The maximum Gasteiger partial charge on any atom is 0.135 e. The van der Waals surface area contributed by atoms with E-state index in [4.69, 9.17) is 4.42 Å². The molecule has 0 amide bonds. The average Bonchev–Trinajstić information content (AvgIpc) is 3.93. The number of furan rings is 1. The summed E-state index contributed by atoms with van der Waals surface area (Å²) in [6.45, 7) is 0. The van der Waals surface area contributed by atoms with E-state index in [1.807, 2.05) is 6.07 Å². The Morgan fingerprint density at radius 1 is 0.389 bits per heavy atom. The van der Waals surface area contributed by atoms with E-state index < -0.39 is 0 Å². The van der Waals surface area contributed by atoms with E-state index in [9.17, 15) is 0 Å². The molecule has 1 heterocycles. The second-order valence-corrected chi connectivity index (χ2v) is 14.9. The van der Waals surface area contributed by atoms with Crippen LogP contribution in [0.5, 0.6) is 0 Å². The van der Waals surface area contributed by atoms with Crippen LogP contribution in [-0.4, -0.2) is 0 Å². The predicted octanol–water partition coefficient (Wildman–Crippen LogP) is 13.9. The van der Waals surface area contributed by atoms with Crippen LogP contribution < -0.4 is 9.80 Å². The molecule has 1 aromatic heterocycles. The summed E-state index contributed by atoms with van der Waals surface area (Å²) in [6, 6.07) is 66.4. The van der Waals surface area contributed by atoms with Gasteiger partial charge in [-0.25, -0.2) is 0 Å². The summed E-state index contributed by atoms with van der Waals surface area (Å²) in [7, 11) is 0. The van der Waals surface area contributed by atoms with Gasteiger partial charge in [-0.2, -0.15) is 0 Å². The van der Waals surface area contributed by atoms with Crippen molar-refractivity contribution in [1.82, 2.24) is 0 Å². The van der Waals surface area contributed by atoms with Crippen molar-refractivity contribution in [3.8, 4) is 0 Å². The van der Waals surface area contributed by atoms with Crippen LogP contribution >= 0.6 is 0 Å². The van der Waals surface area contributed by atoms with Crippen LogP contribution in [0.15, 0.2) is 186 Å². The Bertz CT molecular complexity index is 2850. The van der Waals surface area contributed by atoms with Gasteiger partial charge in [-0.3, -0.25) is 0 Å². The molecule has 1 atom stereocenters. The van der Waals surface area contributed by atoms with E-state index in [0.717, 1.165) is 59.0 Å². The Morgan fingerprint density at radius 3 is 1.59 bits per heavy atom. The molecule has 0 radical (unpaired) electrons. The molecule has 2 aliphatic carbocycles. The standard InChI is InChI=1S/C51H38N2O/c1-3-17-39(18-4-1)52(41-26-25-35-13-7-8-14-38(35)33-41)45-22-11-15-36-29-31-51(49(36)45)32-30-37-16-12-23-46(50(37)51)53(40-19-5-2-6-20-40)42-27-28-48-44(34-42)43-21-9-10-24-47(43)54-48/h1-28,33-34H,29-32H2/t51-/m1/s1. The second-order valence-electron chi connectivity index (χ2n) is 14.9. The van der Waals surface area contributed by atoms with Gasteiger partial charge in [0.05, 0.1) is 11.4 Å². The third kappa shape index (κ3) is 4.75. The molecule has 11 rings (SSSR count). The van der Waals surface area contributed by atoms with Gasteiger partial charge in [-0.05, 0) is 132 Å². The number of rotatable bonds is 6. The molecule has 3 nitrogen and oxygen atoms in total. The van der Waals surface area contributed by atoms with Crippen molar-refractivity contribution < 1.29 is 4.42 Å². The smallest absolute Gasteiger partial charge is 0.135 e. The third-order valence-electron chi connectivity index (χ3n) is 12.0. The SMILES string of the molecule is c1ccc(N(c2ccc3ccccc3c2)c2cccc3c2[C@@]2(CC3)CCc3cccc(N(c4ccccc4)c4ccc5oc6ccccc6c5c4)c32)cc1. The highest BCUT2D eigenvalue weighted by molar-refractivity contribution is 6.06. The van der Waals surface area contributed by atoms with Crippen molar-refractivity contribution in [2.45, 2.75) is 31.1 Å². The largest absolute Gasteiger partial charge is 0.456 e. The lowest BCUT2D eigenvalue weighted by atomic mass is 9.74. The summed E-state index contributed by atoms with van der Waals surface area (Å²) in [4.78, 5) is 5.00. The molecule has 3 heteroatoms. The minimum absolute atomic E-state index is 0.152. The maximum absolute atomic E-state index is 6.30. The number of fused-ring (bicyclic) bond motifs is 8. The van der Waals surface area contributed by atoms with Gasteiger partial charge in [0.1, 0.15) is 11.2 Å². The molecular weight excluding hydrogens is 657 g/mol. The Balaban J connectivity index is 1.14. The van der Waals surface area contributed by atoms with Gasteiger partial charge in [-0.15, -0.1) is 0 Å². The monoisotopic (exact) mass is 694 g/mol. The van der Waals surface area contributed by atoms with Gasteiger partial charge in [0.25, 0.3) is 0 Å². The highest BCUT2D eigenvalue weighted by atomic mass is 16.3. The van der Waals surface area contributed by atoms with Crippen molar-refractivity contribution in [2.75, 3.05) is 9.80 Å². The van der Waals surface area contributed by atoms with Crippen molar-refractivity contribution in [3.63, 3.8) is 0 Å². The summed E-state index contributed by atoms with van der Waals surface area (Å²) in [5, 5.41) is 4.77. The van der Waals surface area contributed by atoms with E-state index in [2.05, 4.69) is 186 Å². The van der Waals surface area contributed by atoms with Gasteiger partial charge in [0.2, 0.25) is 0 Å². The average molecular weight is 695 g/mol. The van der Waals surface area contributed by atoms with Gasteiger partial charge < -0.3 is 14.2 Å². The van der Waals surface area contributed by atoms with Crippen LogP contribution in [-0.2, 0) is 18.3 Å². The van der Waals surface area contributed by atoms with Crippen molar-refractivity contribution in [3.05, 3.63) is 204 Å². The van der Waals surface area contributed by atoms with E-state index >= 15 is 0 Å². The first kappa shape index (κ1) is 31.0. The molecule has 0 N–H and O–H groups in total. The molecule has 9 aromatic rings. The van der Waals surface area contributed by atoms with Gasteiger partial charge >= 0.3 is 0 Å². The van der Waals surface area contributed by atoms with Crippen molar-refractivity contribution in [2.24, 2.45) is 0 Å². The summed E-state index contributed by atoms with van der Waals surface area (Å²) < 4.78 is 6.30. The first-order valence-electron chi connectivity index (χ1n) is 19.1. The Labute approximate surface area is 315 Å². The quantitative estimate of drug-likeness (QED) is 0.173. The van der Waals surface area contributed by atoms with Crippen LogP contribution in [0.1, 0.15) is 35.1 Å². The van der Waals surface area contributed by atoms with E-state index in [0.29, 0.717) is 0 Å². The summed E-state index contributed by atoms with van der Waals surface area (Å²) in [5.41, 5.74) is 14.6. The molecule has 0 unspecified atom stereocenters. The zero-order valence-corrected chi connectivity index (χ0v) is 30.0. The number of hydrogen-bond acceptors (Lipinski definition) is 3. The van der Waals surface area contributed by atoms with Gasteiger partial charge in [0.15, 0.2) is 0 Å². The molecule has 0 saturated carbocycles. The minimum Gasteiger partial charge on any atom is -0.456 e. The van der Waals surface area contributed by atoms with Crippen LogP contribution in [0.4, 0.5) is 34.1 Å². The first-order chi connectivity index (χ1) is 26.7. The molecule has 2 aliphatic rings. The molecule has 8 aromatic carbocycles. The molecule has 0 aliphatic heterocycles. The molecule has 54 heavy (non-hydrogen) atoms. The lowest BCUT2D eigenvalue weighted by Gasteiger charge is -2.37. The number of para-hydroxylation sites is 3. The first-order valence-corrected chi connectivity index (χ1v) is 19.1. The fourth-order valence-electron chi connectivity index (χ4n) is 9.69. The van der Waals surface area contributed by atoms with E-state index in [1.165, 1.54) is 55.8 Å². The van der Waals surface area contributed by atoms with Crippen LogP contribution in [0, 0.1) is 0 Å². The van der Waals surface area contributed by atoms with Crippen LogP contribution in [0.3, 0.4) is 0 Å². The van der Waals surface area contributed by atoms with Crippen molar-refractivity contribution in [1.29, 1.82) is 0 Å². The lowest BCUT2D eigenvalue weighted by Crippen LogP contribution is -2.27. The zero-order valence-electron chi connectivity index (χ0n) is 30.0. The molecule has 1 spiro atoms. The summed E-state index contributed by atoms with van der Waals surface area (Å²) >= 11 is 0. The highest BCUT2D eigenvalue weighted by Crippen LogP contribution is 2.60. The number of nitrogens with zero attached hydrogens (tertiary/aromatic N) is 2. The van der Waals surface area contributed by atoms with Crippen molar-refractivity contribution >= 4 is 66.8 Å². The third-order valence-corrected chi connectivity index (χ3v) is 12.0. The fourth-order valence-corrected chi connectivity index (χ4v) is 9.69. The molecule has 258 valence electrons. The second kappa shape index (κ2) is 12.2. The predicted molar refractivity (Wildman–Crippen MR) is 224 cm³/mol. The number of hydrogen-bond donors (Lipinski definition) is 0. The molecule has 0 bridgehead atoms. The number of benzene rings is 8. The van der Waals surface area contributed by atoms with Crippen LogP contribution in [0.25, 0.3) is 32.7 Å². The Hall–Kier alpha value is -6.58. The number of anilines is 6. The normalized spacial score (nSPS) is 15.9. The molecular formula is C51H38N2O. The highest BCUT2D eigenvalue weighted by Gasteiger charge is 2.49. The van der Waals surface area contributed by atoms with E-state index in [1.54, 1.807) is 0 Å². The number of aryl methyl sites for hydroxylation is 2. The van der Waals surface area contributed by atoms with E-state index in [-0.39, 0.29) is 5.41 Å². The lowest BCUT2D eigenvalue weighted by molar-refractivity contribution is 0.508. The summed E-state index contributed by atoms with van der Waals surface area (Å²) in [6.07, 6.45) is 4.26. The zero-order chi connectivity index (χ0) is 35.6. The summed E-state index contributed by atoms with van der Waals surface area (Å²) in [5.74, 6) is 0. The fraction of sp³-hybridized carbons (Fsp3) is 0.0980. The van der Waals surface area contributed by atoms with Gasteiger partial charge in [0, 0.05) is 38.9 Å². The Kier molecular flexibility index (Phi) is 7.03. The molecule has 0 saturated heterocycles. The maximum atomic E-state index is 6.30. The van der Waals surface area contributed by atoms with Gasteiger partial charge in [-0.1, -0.05) is 109 Å². The molecule has 0 fully saturated rings. The minimum atomic E-state index is -0.152. The topological polar surface area (TPSA) is 19.6 Å².